The van der Waals surface area contributed by atoms with Crippen molar-refractivity contribution >= 4 is 18.1 Å². The van der Waals surface area contributed by atoms with Gasteiger partial charge >= 0.3 is 0 Å². The number of aromatic hydroxyl groups is 1. The minimum Gasteiger partial charge on any atom is -0.505 e. The van der Waals surface area contributed by atoms with Gasteiger partial charge in [0.25, 0.3) is 5.69 Å². The van der Waals surface area contributed by atoms with Gasteiger partial charge in [0.15, 0.2) is 11.6 Å². The fraction of sp³-hybridized carbons (Fsp3) is 0.333. The maximum absolute atomic E-state index is 13.1. The zero-order valence-corrected chi connectivity index (χ0v) is 9.48. The molecule has 6 nitrogen and oxygen atoms in total. The summed E-state index contributed by atoms with van der Waals surface area (Å²) in [5.41, 5.74) is 4.97. The van der Waals surface area contributed by atoms with E-state index >= 15 is 0 Å². The van der Waals surface area contributed by atoms with E-state index < -0.39 is 28.2 Å². The molecule has 0 aromatic heterocycles. The summed E-state index contributed by atoms with van der Waals surface area (Å²) in [5, 5.41) is 28.5. The lowest BCUT2D eigenvalue weighted by Gasteiger charge is -2.12. The quantitative estimate of drug-likeness (QED) is 0.561. The van der Waals surface area contributed by atoms with E-state index in [2.05, 4.69) is 0 Å². The van der Waals surface area contributed by atoms with E-state index in [9.17, 15) is 19.6 Å². The van der Waals surface area contributed by atoms with Gasteiger partial charge in [-0.25, -0.2) is 4.39 Å². The first-order chi connectivity index (χ1) is 7.47. The molecular formula is C9H12ClFN2O4. The zero-order valence-electron chi connectivity index (χ0n) is 8.67. The minimum absolute atomic E-state index is 0. The average Bonchev–Trinajstić information content (AvgIpc) is 2.21. The monoisotopic (exact) mass is 266 g/mol. The lowest BCUT2D eigenvalue weighted by atomic mass is 10.0. The summed E-state index contributed by atoms with van der Waals surface area (Å²) in [4.78, 5) is 9.68. The number of hydrogen-bond acceptors (Lipinski definition) is 5. The highest BCUT2D eigenvalue weighted by atomic mass is 35.5. The van der Waals surface area contributed by atoms with Crippen LogP contribution in [0.2, 0.25) is 0 Å². The van der Waals surface area contributed by atoms with E-state index in [0.29, 0.717) is 6.07 Å². The summed E-state index contributed by atoms with van der Waals surface area (Å²) in [6.45, 7) is -0.259. The number of aliphatic hydroxyl groups excluding tert-OH is 1. The summed E-state index contributed by atoms with van der Waals surface area (Å²) in [7, 11) is 0. The van der Waals surface area contributed by atoms with Crippen LogP contribution in [-0.4, -0.2) is 21.7 Å². The largest absolute Gasteiger partial charge is 0.505 e. The van der Waals surface area contributed by atoms with Crippen LogP contribution in [0.5, 0.6) is 5.75 Å². The molecule has 0 radical (unpaired) electrons. The molecule has 17 heavy (non-hydrogen) atoms. The molecule has 0 saturated carbocycles. The van der Waals surface area contributed by atoms with Crippen LogP contribution < -0.4 is 5.73 Å². The van der Waals surface area contributed by atoms with E-state index in [4.69, 9.17) is 10.8 Å². The molecular weight excluding hydrogens is 255 g/mol. The Bertz CT molecular complexity index is 416. The number of nitrogens with zero attached hydrogens (tertiary/aromatic N) is 1. The highest BCUT2D eigenvalue weighted by Gasteiger charge is 2.20. The number of halogens is 2. The fourth-order valence-electron chi connectivity index (χ4n) is 1.29. The number of phenols is 1. The highest BCUT2D eigenvalue weighted by molar-refractivity contribution is 5.85. The molecule has 4 N–H and O–H groups in total. The van der Waals surface area contributed by atoms with E-state index in [1.807, 2.05) is 0 Å². The third-order valence-corrected chi connectivity index (χ3v) is 2.13. The van der Waals surface area contributed by atoms with Crippen molar-refractivity contribution in [2.24, 2.45) is 5.73 Å². The Labute approximate surface area is 102 Å². The second-order valence-corrected chi connectivity index (χ2v) is 3.24. The van der Waals surface area contributed by atoms with Gasteiger partial charge in [-0.05, 0) is 6.42 Å². The molecule has 0 aliphatic rings. The van der Waals surface area contributed by atoms with Gasteiger partial charge in [-0.3, -0.25) is 10.1 Å². The Hall–Kier alpha value is -1.44. The summed E-state index contributed by atoms with van der Waals surface area (Å²) >= 11 is 0. The van der Waals surface area contributed by atoms with Gasteiger partial charge in [0.2, 0.25) is 0 Å². The second kappa shape index (κ2) is 6.33. The SMILES string of the molecule is Cl.N[C@@H](CCO)c1cc([N+](=O)[O-])cc(F)c1O. The van der Waals surface area contributed by atoms with Crippen LogP contribution in [0.3, 0.4) is 0 Å². The molecule has 0 amide bonds. The van der Waals surface area contributed by atoms with E-state index in [0.717, 1.165) is 6.07 Å². The molecule has 0 aliphatic heterocycles. The van der Waals surface area contributed by atoms with Crippen LogP contribution in [0.4, 0.5) is 10.1 Å². The fourth-order valence-corrected chi connectivity index (χ4v) is 1.29. The second-order valence-electron chi connectivity index (χ2n) is 3.24. The summed E-state index contributed by atoms with van der Waals surface area (Å²) in [5.74, 6) is -1.82. The molecule has 0 unspecified atom stereocenters. The number of rotatable bonds is 4. The van der Waals surface area contributed by atoms with Crippen LogP contribution in [0.15, 0.2) is 12.1 Å². The molecule has 0 aliphatic carbocycles. The van der Waals surface area contributed by atoms with Crippen molar-refractivity contribution in [2.75, 3.05) is 6.61 Å². The predicted molar refractivity (Wildman–Crippen MR) is 60.6 cm³/mol. The summed E-state index contributed by atoms with van der Waals surface area (Å²) in [6, 6.07) is 0.767. The van der Waals surface area contributed by atoms with Gasteiger partial charge in [-0.2, -0.15) is 0 Å². The molecule has 1 aromatic rings. The number of nitro benzene ring substituents is 1. The molecule has 1 rings (SSSR count). The molecule has 1 atom stereocenters. The first-order valence-corrected chi connectivity index (χ1v) is 4.50. The van der Waals surface area contributed by atoms with Gasteiger partial charge in [-0.15, -0.1) is 12.4 Å². The van der Waals surface area contributed by atoms with Crippen molar-refractivity contribution < 1.29 is 19.5 Å². The average molecular weight is 267 g/mol. The van der Waals surface area contributed by atoms with Crippen LogP contribution in [-0.2, 0) is 0 Å². The van der Waals surface area contributed by atoms with Crippen LogP contribution >= 0.6 is 12.4 Å². The van der Waals surface area contributed by atoms with Crippen molar-refractivity contribution in [3.8, 4) is 5.75 Å². The molecule has 1 aromatic carbocycles. The van der Waals surface area contributed by atoms with Crippen molar-refractivity contribution in [2.45, 2.75) is 12.5 Å². The maximum Gasteiger partial charge on any atom is 0.272 e. The van der Waals surface area contributed by atoms with E-state index in [1.54, 1.807) is 0 Å². The molecule has 0 spiro atoms. The Morgan fingerprint density at radius 3 is 2.59 bits per heavy atom. The van der Waals surface area contributed by atoms with Gasteiger partial charge in [0, 0.05) is 24.3 Å². The van der Waals surface area contributed by atoms with Crippen molar-refractivity contribution in [1.29, 1.82) is 0 Å². The standard InChI is InChI=1S/C9H11FN2O4.ClH/c10-7-4-5(12(15)16)3-6(9(7)14)8(11)1-2-13;/h3-4,8,13-14H,1-2,11H2;1H/t8-;/m0./s1. The Morgan fingerprint density at radius 2 is 2.12 bits per heavy atom. The number of aliphatic hydroxyl groups is 1. The van der Waals surface area contributed by atoms with Crippen LogP contribution in [0, 0.1) is 15.9 Å². The van der Waals surface area contributed by atoms with Gasteiger partial charge in [0.05, 0.1) is 11.0 Å². The summed E-state index contributed by atoms with van der Waals surface area (Å²) < 4.78 is 13.1. The maximum atomic E-state index is 13.1. The van der Waals surface area contributed by atoms with Crippen molar-refractivity contribution in [3.63, 3.8) is 0 Å². The first kappa shape index (κ1) is 15.6. The molecule has 0 saturated heterocycles. The third kappa shape index (κ3) is 3.52. The normalized spacial score (nSPS) is 11.7. The Morgan fingerprint density at radius 1 is 1.53 bits per heavy atom. The van der Waals surface area contributed by atoms with Crippen molar-refractivity contribution in [1.82, 2.24) is 0 Å². The Balaban J connectivity index is 0.00000256. The van der Waals surface area contributed by atoms with Crippen molar-refractivity contribution in [3.05, 3.63) is 33.6 Å². The number of non-ortho nitro benzene ring substituents is 1. The minimum atomic E-state index is -1.10. The zero-order chi connectivity index (χ0) is 12.3. The molecule has 0 heterocycles. The Kier molecular flexibility index (Phi) is 5.80. The van der Waals surface area contributed by atoms with Crippen LogP contribution in [0.1, 0.15) is 18.0 Å². The third-order valence-electron chi connectivity index (χ3n) is 2.13. The van der Waals surface area contributed by atoms with E-state index in [1.165, 1.54) is 0 Å². The number of phenolic OH excluding ortho intramolecular Hbond substituents is 1. The predicted octanol–water partition coefficient (Wildman–Crippen LogP) is 1.24. The smallest absolute Gasteiger partial charge is 0.272 e. The number of benzene rings is 1. The molecule has 96 valence electrons. The van der Waals surface area contributed by atoms with Gasteiger partial charge in [0.1, 0.15) is 0 Å². The van der Waals surface area contributed by atoms with Gasteiger partial charge in [-0.1, -0.05) is 0 Å². The molecule has 8 heteroatoms. The highest BCUT2D eigenvalue weighted by Crippen LogP contribution is 2.31. The van der Waals surface area contributed by atoms with E-state index in [-0.39, 0.29) is 31.0 Å². The first-order valence-electron chi connectivity index (χ1n) is 4.50. The lowest BCUT2D eigenvalue weighted by Crippen LogP contribution is -2.13. The topological polar surface area (TPSA) is 110 Å². The lowest BCUT2D eigenvalue weighted by molar-refractivity contribution is -0.385. The number of nitro groups is 1. The number of nitrogens with two attached hydrogens (primary N) is 1. The molecule has 0 fully saturated rings. The number of hydrogen-bond donors (Lipinski definition) is 3. The van der Waals surface area contributed by atoms with Crippen LogP contribution in [0.25, 0.3) is 0 Å². The van der Waals surface area contributed by atoms with Gasteiger partial charge < -0.3 is 15.9 Å². The summed E-state index contributed by atoms with van der Waals surface area (Å²) in [6.07, 6.45) is 0.0775. The molecule has 0 bridgehead atoms.